The Hall–Kier alpha value is -3.77. The van der Waals surface area contributed by atoms with Crippen molar-refractivity contribution in [2.45, 2.75) is 17.5 Å². The van der Waals surface area contributed by atoms with Crippen LogP contribution in [-0.4, -0.2) is 26.4 Å². The monoisotopic (exact) mass is 492 g/mol. The number of rotatable bonds is 9. The predicted molar refractivity (Wildman–Crippen MR) is 147 cm³/mol. The van der Waals surface area contributed by atoms with E-state index in [1.807, 2.05) is 42.6 Å². The lowest BCUT2D eigenvalue weighted by Gasteiger charge is -2.20. The van der Waals surface area contributed by atoms with E-state index in [0.717, 1.165) is 30.3 Å². The van der Waals surface area contributed by atoms with E-state index in [1.54, 1.807) is 0 Å². The van der Waals surface area contributed by atoms with Crippen molar-refractivity contribution in [1.82, 2.24) is 9.55 Å². The van der Waals surface area contributed by atoms with Crippen LogP contribution in [0, 0.1) is 11.6 Å². The highest BCUT2D eigenvalue weighted by atomic mass is 28.2. The maximum atomic E-state index is 13.6. The van der Waals surface area contributed by atoms with E-state index in [4.69, 9.17) is 4.98 Å². The maximum Gasteiger partial charge on any atom is 0.217 e. The molecule has 5 aromatic rings. The summed E-state index contributed by atoms with van der Waals surface area (Å²) in [5, 5.41) is 0. The van der Waals surface area contributed by atoms with E-state index < -0.39 is 9.52 Å². The molecule has 36 heavy (non-hydrogen) atoms. The first-order valence-corrected chi connectivity index (χ1v) is 14.1. The first-order chi connectivity index (χ1) is 17.7. The van der Waals surface area contributed by atoms with Crippen molar-refractivity contribution in [3.05, 3.63) is 155 Å². The molecule has 0 saturated carbocycles. The molecule has 0 saturated heterocycles. The second-order valence-electron chi connectivity index (χ2n) is 9.06. The average Bonchev–Trinajstić information content (AvgIpc) is 3.37. The molecule has 0 fully saturated rings. The number of halogens is 2. The van der Waals surface area contributed by atoms with Crippen LogP contribution in [0.3, 0.4) is 0 Å². The Bertz CT molecular complexity index is 1290. The van der Waals surface area contributed by atoms with Gasteiger partial charge < -0.3 is 4.57 Å². The Morgan fingerprint density at radius 2 is 1.17 bits per heavy atom. The fourth-order valence-corrected chi connectivity index (χ4v) is 7.05. The topological polar surface area (TPSA) is 17.8 Å². The number of hydrogen-bond acceptors (Lipinski definition) is 1. The second-order valence-corrected chi connectivity index (χ2v) is 10.9. The highest BCUT2D eigenvalue weighted by molar-refractivity contribution is 6.54. The van der Waals surface area contributed by atoms with Gasteiger partial charge in [-0.2, -0.15) is 0 Å². The number of hydrogen-bond donors (Lipinski definition) is 0. The predicted octanol–water partition coefficient (Wildman–Crippen LogP) is 4.93. The van der Waals surface area contributed by atoms with Gasteiger partial charge in [0.1, 0.15) is 11.6 Å². The van der Waals surface area contributed by atoms with Crippen molar-refractivity contribution in [2.24, 2.45) is 0 Å². The fraction of sp³-hybridized carbons (Fsp3) is 0.100. The highest BCUT2D eigenvalue weighted by Gasteiger charge is 2.21. The summed E-state index contributed by atoms with van der Waals surface area (Å²) in [6, 6.07) is 34.6. The molecular weight excluding hydrogens is 465 g/mol. The Balaban J connectivity index is 1.40. The van der Waals surface area contributed by atoms with Gasteiger partial charge in [-0.3, -0.25) is 4.98 Å². The molecule has 178 valence electrons. The van der Waals surface area contributed by atoms with Crippen LogP contribution >= 0.6 is 0 Å². The zero-order chi connectivity index (χ0) is 24.7. The zero-order valence-electron chi connectivity index (χ0n) is 20.0. The molecule has 0 bridgehead atoms. The average molecular weight is 492 g/mol. The quantitative estimate of drug-likeness (QED) is 0.267. The number of imidazole rings is 1. The molecule has 1 aromatic heterocycles. The summed E-state index contributed by atoms with van der Waals surface area (Å²) in [6.45, 7) is 0. The summed E-state index contributed by atoms with van der Waals surface area (Å²) in [5.74, 6) is -0.286. The minimum absolute atomic E-state index is 0.153. The van der Waals surface area contributed by atoms with Crippen LogP contribution < -0.4 is 5.72 Å². The molecule has 0 amide bonds. The van der Waals surface area contributed by atoms with E-state index >= 15 is 0 Å². The Kier molecular flexibility index (Phi) is 7.53. The van der Waals surface area contributed by atoms with Crippen LogP contribution in [-0.2, 0) is 6.17 Å². The molecule has 1 heterocycles. The van der Waals surface area contributed by atoms with Gasteiger partial charge in [-0.25, -0.2) is 8.78 Å². The van der Waals surface area contributed by atoms with Crippen LogP contribution in [0.5, 0.6) is 0 Å². The van der Waals surface area contributed by atoms with Crippen molar-refractivity contribution in [1.29, 1.82) is 0 Å². The molecule has 6 heteroatoms. The Morgan fingerprint density at radius 1 is 0.667 bits per heavy atom. The van der Waals surface area contributed by atoms with Gasteiger partial charge in [-0.1, -0.05) is 84.9 Å². The third kappa shape index (κ3) is 5.72. The normalized spacial score (nSPS) is 11.6. The summed E-state index contributed by atoms with van der Waals surface area (Å²) < 4.78 is 29.5. The Labute approximate surface area is 213 Å². The summed E-state index contributed by atoms with van der Waals surface area (Å²) in [7, 11) is 0.0312. The fourth-order valence-electron chi connectivity index (χ4n) is 4.90. The molecule has 0 N–H and O–H groups in total. The molecule has 0 aliphatic rings. The maximum absolute atomic E-state index is 13.6. The SMILES string of the molecule is Fc1ccc(C([SiH2]Cn2ccnc2BC(c2ccccc2)c2ccccc2)c2ccc(F)cc2)cc1. The van der Waals surface area contributed by atoms with Gasteiger partial charge in [-0.15, -0.1) is 0 Å². The molecule has 0 aliphatic carbocycles. The van der Waals surface area contributed by atoms with Crippen LogP contribution in [0.15, 0.2) is 122 Å². The Morgan fingerprint density at radius 3 is 1.67 bits per heavy atom. The lowest BCUT2D eigenvalue weighted by molar-refractivity contribution is 0.626. The number of benzene rings is 4. The van der Waals surface area contributed by atoms with Crippen molar-refractivity contribution >= 4 is 22.5 Å². The smallest absolute Gasteiger partial charge is 0.217 e. The van der Waals surface area contributed by atoms with Gasteiger partial charge in [0, 0.05) is 18.6 Å². The zero-order valence-corrected chi connectivity index (χ0v) is 21.4. The number of aromatic nitrogens is 2. The summed E-state index contributed by atoms with van der Waals surface area (Å²) in [6.07, 6.45) is 4.81. The van der Waals surface area contributed by atoms with Crippen molar-refractivity contribution in [2.75, 3.05) is 0 Å². The van der Waals surface area contributed by atoms with Gasteiger partial charge in [0.25, 0.3) is 0 Å². The minimum atomic E-state index is -0.768. The van der Waals surface area contributed by atoms with E-state index in [2.05, 4.69) is 59.3 Å². The second kappa shape index (κ2) is 11.3. The standard InChI is InChI=1S/C30H27BF2N2Si/c32-26-15-11-24(12-16-26)29(25-13-17-27(33)18-14-25)36-21-35-20-19-34-30(35)31-28(22-7-3-1-4-8-22)23-9-5-2-6-10-23/h1-20,28-29,31H,21,36H2. The summed E-state index contributed by atoms with van der Waals surface area (Å²) in [5.41, 5.74) is 5.89. The summed E-state index contributed by atoms with van der Waals surface area (Å²) in [4.78, 5) is 4.74. The third-order valence-electron chi connectivity index (χ3n) is 6.80. The van der Waals surface area contributed by atoms with E-state index in [0.29, 0.717) is 0 Å². The molecule has 0 unspecified atom stereocenters. The van der Waals surface area contributed by atoms with Crippen molar-refractivity contribution in [3.8, 4) is 0 Å². The first kappa shape index (κ1) is 23.9. The molecule has 4 aromatic carbocycles. The molecular formula is C30H27BF2N2Si. The highest BCUT2D eigenvalue weighted by Crippen LogP contribution is 2.25. The van der Waals surface area contributed by atoms with Crippen LogP contribution in [0.1, 0.15) is 33.6 Å². The van der Waals surface area contributed by atoms with Gasteiger partial charge >= 0.3 is 0 Å². The van der Waals surface area contributed by atoms with Crippen LogP contribution in [0.2, 0.25) is 0 Å². The molecule has 0 aliphatic heterocycles. The lowest BCUT2D eigenvalue weighted by Crippen LogP contribution is -2.33. The van der Waals surface area contributed by atoms with E-state index in [1.165, 1.54) is 35.4 Å². The molecule has 0 radical (unpaired) electrons. The molecule has 0 atom stereocenters. The first-order valence-electron chi connectivity index (χ1n) is 12.3. The van der Waals surface area contributed by atoms with E-state index in [-0.39, 0.29) is 23.0 Å². The van der Waals surface area contributed by atoms with Crippen molar-refractivity contribution in [3.63, 3.8) is 0 Å². The third-order valence-corrected chi connectivity index (χ3v) is 9.06. The van der Waals surface area contributed by atoms with Gasteiger partial charge in [0.2, 0.25) is 7.28 Å². The van der Waals surface area contributed by atoms with Crippen LogP contribution in [0.25, 0.3) is 0 Å². The van der Waals surface area contributed by atoms with E-state index in [9.17, 15) is 8.78 Å². The minimum Gasteiger partial charge on any atom is -0.347 e. The van der Waals surface area contributed by atoms with Gasteiger partial charge in [0.15, 0.2) is 0 Å². The van der Waals surface area contributed by atoms with Gasteiger partial charge in [0.05, 0.1) is 15.2 Å². The van der Waals surface area contributed by atoms with Crippen molar-refractivity contribution < 1.29 is 8.78 Å². The molecule has 5 rings (SSSR count). The van der Waals surface area contributed by atoms with Crippen LogP contribution in [0.4, 0.5) is 8.78 Å². The lowest BCUT2D eigenvalue weighted by atomic mass is 9.58. The summed E-state index contributed by atoms with van der Waals surface area (Å²) >= 11 is 0. The molecule has 2 nitrogen and oxygen atoms in total. The molecule has 0 spiro atoms. The number of nitrogens with zero attached hydrogens (tertiary/aromatic N) is 2. The largest absolute Gasteiger partial charge is 0.347 e. The van der Waals surface area contributed by atoms with Gasteiger partial charge in [-0.05, 0) is 57.9 Å².